The summed E-state index contributed by atoms with van der Waals surface area (Å²) in [5, 5.41) is 22.5. The maximum atomic E-state index is 11.9. The van der Waals surface area contributed by atoms with Crippen molar-refractivity contribution in [2.24, 2.45) is 5.92 Å². The Morgan fingerprint density at radius 2 is 2.12 bits per heavy atom. The molecule has 138 valence electrons. The number of rotatable bonds is 7. The van der Waals surface area contributed by atoms with Gasteiger partial charge in [-0.2, -0.15) is 0 Å². The summed E-state index contributed by atoms with van der Waals surface area (Å²) in [6, 6.07) is 5.19. The minimum absolute atomic E-state index is 0.00626. The minimum atomic E-state index is -0.656. The zero-order valence-electron chi connectivity index (χ0n) is 14.1. The number of non-ortho nitro benzene ring substituents is 1. The van der Waals surface area contributed by atoms with Crippen molar-refractivity contribution in [3.8, 4) is 0 Å². The number of benzene rings is 1. The number of amides is 2. The largest absolute Gasteiger partial charge is 0.272 e. The van der Waals surface area contributed by atoms with Gasteiger partial charge in [-0.05, 0) is 22.4 Å². The van der Waals surface area contributed by atoms with E-state index in [1.165, 1.54) is 18.2 Å². The van der Waals surface area contributed by atoms with E-state index >= 15 is 0 Å². The minimum Gasteiger partial charge on any atom is -0.272 e. The van der Waals surface area contributed by atoms with Crippen molar-refractivity contribution >= 4 is 29.3 Å². The number of tetrazole rings is 1. The van der Waals surface area contributed by atoms with Gasteiger partial charge >= 0.3 is 0 Å². The predicted molar refractivity (Wildman–Crippen MR) is 92.1 cm³/mol. The Morgan fingerprint density at radius 3 is 2.81 bits per heavy atom. The van der Waals surface area contributed by atoms with E-state index in [2.05, 4.69) is 26.4 Å². The number of hydrazine groups is 1. The second-order valence-corrected chi connectivity index (χ2v) is 6.58. The first-order valence-corrected chi connectivity index (χ1v) is 8.58. The lowest BCUT2D eigenvalue weighted by atomic mass is 10.2. The smallest absolute Gasteiger partial charge is 0.270 e. The first-order chi connectivity index (χ1) is 12.4. The number of hydrogen-bond donors (Lipinski definition) is 2. The summed E-state index contributed by atoms with van der Waals surface area (Å²) in [5.41, 5.74) is 4.31. The maximum Gasteiger partial charge on any atom is 0.270 e. The molecule has 0 saturated heterocycles. The Kier molecular flexibility index (Phi) is 6.60. The highest BCUT2D eigenvalue weighted by molar-refractivity contribution is 7.99. The van der Waals surface area contributed by atoms with Gasteiger partial charge in [0.15, 0.2) is 0 Å². The lowest BCUT2D eigenvalue weighted by molar-refractivity contribution is -0.384. The van der Waals surface area contributed by atoms with Crippen LogP contribution in [0.3, 0.4) is 0 Å². The molecule has 1 aromatic heterocycles. The lowest BCUT2D eigenvalue weighted by Gasteiger charge is -2.08. The molecule has 0 fully saturated rings. The van der Waals surface area contributed by atoms with E-state index < -0.39 is 16.7 Å². The highest BCUT2D eigenvalue weighted by Crippen LogP contribution is 2.14. The molecule has 11 nitrogen and oxygen atoms in total. The van der Waals surface area contributed by atoms with Crippen molar-refractivity contribution in [3.05, 3.63) is 39.9 Å². The Labute approximate surface area is 152 Å². The number of nitrogens with zero attached hydrogens (tertiary/aromatic N) is 5. The number of thioether (sulfide) groups is 1. The van der Waals surface area contributed by atoms with Gasteiger partial charge in [-0.15, -0.1) is 5.10 Å². The molecular weight excluding hydrogens is 362 g/mol. The second kappa shape index (κ2) is 8.89. The van der Waals surface area contributed by atoms with Crippen molar-refractivity contribution in [2.45, 2.75) is 25.5 Å². The fourth-order valence-corrected chi connectivity index (χ4v) is 2.57. The summed E-state index contributed by atoms with van der Waals surface area (Å²) >= 11 is 1.13. The van der Waals surface area contributed by atoms with Crippen LogP contribution in [-0.2, 0) is 11.3 Å². The average Bonchev–Trinajstić information content (AvgIpc) is 3.04. The molecule has 0 bridgehead atoms. The number of nitrogens with one attached hydrogen (secondary N) is 2. The van der Waals surface area contributed by atoms with Crippen molar-refractivity contribution in [3.63, 3.8) is 0 Å². The van der Waals surface area contributed by atoms with Crippen LogP contribution >= 0.6 is 11.8 Å². The monoisotopic (exact) mass is 379 g/mol. The Bertz CT molecular complexity index is 808. The van der Waals surface area contributed by atoms with Gasteiger partial charge < -0.3 is 0 Å². The molecule has 0 unspecified atom stereocenters. The number of nitro groups is 1. The van der Waals surface area contributed by atoms with Gasteiger partial charge in [-0.1, -0.05) is 31.7 Å². The van der Waals surface area contributed by atoms with Crippen LogP contribution in [0.1, 0.15) is 24.2 Å². The van der Waals surface area contributed by atoms with Gasteiger partial charge in [-0.3, -0.25) is 30.6 Å². The van der Waals surface area contributed by atoms with Gasteiger partial charge in [-0.25, -0.2) is 4.68 Å². The number of carbonyl (C=O) groups excluding carboxylic acids is 2. The molecule has 0 aliphatic heterocycles. The normalized spacial score (nSPS) is 10.6. The molecule has 2 amide bonds. The van der Waals surface area contributed by atoms with Crippen LogP contribution in [-0.4, -0.2) is 42.7 Å². The summed E-state index contributed by atoms with van der Waals surface area (Å²) in [6.45, 7) is 4.67. The predicted octanol–water partition coefficient (Wildman–Crippen LogP) is 0.791. The molecular formula is C14H17N7O4S. The van der Waals surface area contributed by atoms with Crippen LogP contribution in [0.2, 0.25) is 0 Å². The molecule has 0 radical (unpaired) electrons. The fraction of sp³-hybridized carbons (Fsp3) is 0.357. The summed E-state index contributed by atoms with van der Waals surface area (Å²) in [6.07, 6.45) is 0. The third-order valence-corrected chi connectivity index (χ3v) is 3.96. The highest BCUT2D eigenvalue weighted by Gasteiger charge is 2.14. The first-order valence-electron chi connectivity index (χ1n) is 7.59. The third-order valence-electron chi connectivity index (χ3n) is 3.00. The summed E-state index contributed by atoms with van der Waals surface area (Å²) < 4.78 is 1.60. The molecule has 0 spiro atoms. The molecule has 2 N–H and O–H groups in total. The maximum absolute atomic E-state index is 11.9. The van der Waals surface area contributed by atoms with E-state index in [0.717, 1.165) is 17.8 Å². The second-order valence-electron chi connectivity index (χ2n) is 5.64. The molecule has 0 aliphatic carbocycles. The molecule has 0 saturated carbocycles. The molecule has 26 heavy (non-hydrogen) atoms. The van der Waals surface area contributed by atoms with Gasteiger partial charge in [0.05, 0.1) is 10.7 Å². The molecule has 1 aromatic carbocycles. The quantitative estimate of drug-likeness (QED) is 0.408. The highest BCUT2D eigenvalue weighted by atomic mass is 32.2. The SMILES string of the molecule is CC(C)Cn1nnnc1SCC(=O)NNC(=O)c1cccc([N+](=O)[O-])c1. The number of nitro benzene ring substituents is 1. The van der Waals surface area contributed by atoms with Crippen molar-refractivity contribution < 1.29 is 14.5 Å². The Hall–Kier alpha value is -3.02. The van der Waals surface area contributed by atoms with Crippen LogP contribution in [0.25, 0.3) is 0 Å². The lowest BCUT2D eigenvalue weighted by Crippen LogP contribution is -2.42. The summed E-state index contributed by atoms with van der Waals surface area (Å²) in [7, 11) is 0. The van der Waals surface area contributed by atoms with Gasteiger partial charge in [0.2, 0.25) is 11.1 Å². The van der Waals surface area contributed by atoms with Crippen LogP contribution < -0.4 is 10.9 Å². The van der Waals surface area contributed by atoms with E-state index in [4.69, 9.17) is 0 Å². The van der Waals surface area contributed by atoms with Gasteiger partial charge in [0.1, 0.15) is 0 Å². The average molecular weight is 379 g/mol. The molecule has 2 rings (SSSR count). The standard InChI is InChI=1S/C14H17N7O4S/c1-9(2)7-20-14(17-18-19-20)26-8-12(22)15-16-13(23)10-4-3-5-11(6-10)21(24)25/h3-6,9H,7-8H2,1-2H3,(H,15,22)(H,16,23). The van der Waals surface area contributed by atoms with Crippen LogP contribution in [0.15, 0.2) is 29.4 Å². The van der Waals surface area contributed by atoms with Crippen LogP contribution in [0.5, 0.6) is 0 Å². The van der Waals surface area contributed by atoms with E-state index in [1.807, 2.05) is 13.8 Å². The van der Waals surface area contributed by atoms with Crippen molar-refractivity contribution in [1.29, 1.82) is 0 Å². The molecule has 2 aromatic rings. The van der Waals surface area contributed by atoms with Crippen LogP contribution in [0.4, 0.5) is 5.69 Å². The number of hydrogen-bond acceptors (Lipinski definition) is 8. The third kappa shape index (κ3) is 5.51. The number of aromatic nitrogens is 4. The van der Waals surface area contributed by atoms with Gasteiger partial charge in [0, 0.05) is 24.2 Å². The fourth-order valence-electron chi connectivity index (χ4n) is 1.89. The van der Waals surface area contributed by atoms with Crippen molar-refractivity contribution in [2.75, 3.05) is 5.75 Å². The zero-order valence-corrected chi connectivity index (χ0v) is 14.9. The summed E-state index contributed by atoms with van der Waals surface area (Å²) in [4.78, 5) is 33.9. The summed E-state index contributed by atoms with van der Waals surface area (Å²) in [5.74, 6) is -0.779. The van der Waals surface area contributed by atoms with E-state index in [0.29, 0.717) is 17.6 Å². The van der Waals surface area contributed by atoms with E-state index in [-0.39, 0.29) is 17.0 Å². The van der Waals surface area contributed by atoms with Gasteiger partial charge in [0.25, 0.3) is 11.6 Å². The Morgan fingerprint density at radius 1 is 1.35 bits per heavy atom. The molecule has 12 heteroatoms. The topological polar surface area (TPSA) is 145 Å². The molecule has 0 aliphatic rings. The Balaban J connectivity index is 1.83. The number of carbonyl (C=O) groups is 2. The first kappa shape index (κ1) is 19.3. The zero-order chi connectivity index (χ0) is 19.1. The molecule has 0 atom stereocenters. The van der Waals surface area contributed by atoms with Crippen molar-refractivity contribution in [1.82, 2.24) is 31.1 Å². The van der Waals surface area contributed by atoms with E-state index in [1.54, 1.807) is 4.68 Å². The van der Waals surface area contributed by atoms with E-state index in [9.17, 15) is 19.7 Å². The van der Waals surface area contributed by atoms with Crippen LogP contribution in [0, 0.1) is 16.0 Å². The molecule has 1 heterocycles.